The molecule has 0 bridgehead atoms. The number of nitrogens with zero attached hydrogens (tertiary/aromatic N) is 1. The smallest absolute Gasteiger partial charge is 0.303 e. The number of carboxylic acid groups (broad SMARTS) is 1. The summed E-state index contributed by atoms with van der Waals surface area (Å²) in [4.78, 5) is 10.8. The summed E-state index contributed by atoms with van der Waals surface area (Å²) in [5.41, 5.74) is 8.49. The molecule has 1 heterocycles. The van der Waals surface area contributed by atoms with Crippen molar-refractivity contribution in [2.24, 2.45) is 0 Å². The lowest BCUT2D eigenvalue weighted by atomic mass is 10.0. The van der Waals surface area contributed by atoms with Crippen LogP contribution < -0.4 is 0 Å². The molecular weight excluding hydrogens is 394 g/mol. The molecule has 166 valence electrons. The van der Waals surface area contributed by atoms with Gasteiger partial charge in [0.1, 0.15) is 0 Å². The number of aryl methyl sites for hydroxylation is 1. The summed E-state index contributed by atoms with van der Waals surface area (Å²) in [6, 6.07) is 21.5. The van der Waals surface area contributed by atoms with E-state index in [1.165, 1.54) is 33.7 Å². The minimum absolute atomic E-state index is 0.207. The summed E-state index contributed by atoms with van der Waals surface area (Å²) in [5, 5.41) is 8.89. The Morgan fingerprint density at radius 3 is 2.34 bits per heavy atom. The number of rotatable bonds is 10. The van der Waals surface area contributed by atoms with Crippen LogP contribution in [0.4, 0.5) is 0 Å². The van der Waals surface area contributed by atoms with E-state index in [0.717, 1.165) is 24.9 Å². The van der Waals surface area contributed by atoms with Gasteiger partial charge in [0.05, 0.1) is 5.69 Å². The second-order valence-electron chi connectivity index (χ2n) is 7.93. The zero-order chi connectivity index (χ0) is 22.9. The Balaban J connectivity index is 2.11. The van der Waals surface area contributed by atoms with Gasteiger partial charge in [-0.25, -0.2) is 0 Å². The molecule has 0 amide bonds. The van der Waals surface area contributed by atoms with Crippen molar-refractivity contribution < 1.29 is 9.90 Å². The van der Waals surface area contributed by atoms with E-state index >= 15 is 0 Å². The molecule has 0 atom stereocenters. The summed E-state index contributed by atoms with van der Waals surface area (Å²) in [6.07, 6.45) is 10.1. The van der Waals surface area contributed by atoms with Crippen LogP contribution in [0.25, 0.3) is 22.4 Å². The van der Waals surface area contributed by atoms with Crippen LogP contribution in [0.3, 0.4) is 0 Å². The molecule has 0 aliphatic heterocycles. The number of aromatic nitrogens is 1. The van der Waals surface area contributed by atoms with Crippen LogP contribution in [0, 0.1) is 0 Å². The fourth-order valence-electron chi connectivity index (χ4n) is 4.19. The first-order valence-electron chi connectivity index (χ1n) is 11.5. The minimum Gasteiger partial charge on any atom is -0.481 e. The van der Waals surface area contributed by atoms with Gasteiger partial charge in [-0.05, 0) is 67.5 Å². The Labute approximate surface area is 191 Å². The highest BCUT2D eigenvalue weighted by Gasteiger charge is 2.18. The summed E-state index contributed by atoms with van der Waals surface area (Å²) >= 11 is 0. The normalized spacial score (nSPS) is 11.9. The molecule has 0 aliphatic rings. The monoisotopic (exact) mass is 427 g/mol. The molecule has 0 saturated heterocycles. The first-order valence-corrected chi connectivity index (χ1v) is 11.5. The quantitative estimate of drug-likeness (QED) is 0.341. The van der Waals surface area contributed by atoms with Crippen LogP contribution >= 0.6 is 0 Å². The van der Waals surface area contributed by atoms with Gasteiger partial charge in [0.2, 0.25) is 0 Å². The second kappa shape index (κ2) is 11.3. The van der Waals surface area contributed by atoms with Crippen molar-refractivity contribution in [3.05, 3.63) is 95.8 Å². The van der Waals surface area contributed by atoms with Gasteiger partial charge in [-0.1, -0.05) is 74.5 Å². The number of aliphatic carboxylic acids is 1. The first-order chi connectivity index (χ1) is 15.6. The highest BCUT2D eigenvalue weighted by Crippen LogP contribution is 2.34. The molecule has 3 rings (SSSR count). The lowest BCUT2D eigenvalue weighted by Gasteiger charge is -2.15. The molecule has 32 heavy (non-hydrogen) atoms. The maximum Gasteiger partial charge on any atom is 0.303 e. The Morgan fingerprint density at radius 1 is 1.03 bits per heavy atom. The predicted octanol–water partition coefficient (Wildman–Crippen LogP) is 7.48. The number of benzene rings is 2. The fourth-order valence-corrected chi connectivity index (χ4v) is 4.19. The van der Waals surface area contributed by atoms with E-state index in [1.807, 2.05) is 0 Å². The zero-order valence-electron chi connectivity index (χ0n) is 19.3. The highest BCUT2D eigenvalue weighted by molar-refractivity contribution is 5.80. The maximum atomic E-state index is 10.8. The average Bonchev–Trinajstić information content (AvgIpc) is 3.19. The second-order valence-corrected chi connectivity index (χ2v) is 7.93. The topological polar surface area (TPSA) is 42.2 Å². The summed E-state index contributed by atoms with van der Waals surface area (Å²) in [6.45, 7) is 6.43. The number of hydrogen-bond acceptors (Lipinski definition) is 1. The number of carboxylic acids is 1. The number of hydrogen-bond donors (Lipinski definition) is 1. The van der Waals surface area contributed by atoms with Crippen molar-refractivity contribution in [3.63, 3.8) is 0 Å². The molecule has 1 aromatic heterocycles. The van der Waals surface area contributed by atoms with Crippen LogP contribution in [0.15, 0.2) is 78.9 Å². The Morgan fingerprint density at radius 2 is 1.75 bits per heavy atom. The molecule has 3 heteroatoms. The van der Waals surface area contributed by atoms with E-state index in [2.05, 4.69) is 104 Å². The third-order valence-electron chi connectivity index (χ3n) is 5.64. The van der Waals surface area contributed by atoms with Crippen molar-refractivity contribution in [2.75, 3.05) is 0 Å². The van der Waals surface area contributed by atoms with Crippen molar-refractivity contribution >= 4 is 11.5 Å². The van der Waals surface area contributed by atoms with E-state index < -0.39 is 5.97 Å². The maximum absolute atomic E-state index is 10.8. The Kier molecular flexibility index (Phi) is 8.27. The molecule has 0 fully saturated rings. The van der Waals surface area contributed by atoms with Crippen LogP contribution in [0.2, 0.25) is 0 Å². The third-order valence-corrected chi connectivity index (χ3v) is 5.64. The zero-order valence-corrected chi connectivity index (χ0v) is 19.3. The van der Waals surface area contributed by atoms with Gasteiger partial charge in [-0.15, -0.1) is 0 Å². The molecule has 0 saturated carbocycles. The first kappa shape index (κ1) is 23.3. The predicted molar refractivity (Wildman–Crippen MR) is 134 cm³/mol. The average molecular weight is 428 g/mol. The van der Waals surface area contributed by atoms with Crippen LogP contribution in [-0.4, -0.2) is 15.6 Å². The molecule has 2 aromatic carbocycles. The Bertz CT molecular complexity index is 1090. The van der Waals surface area contributed by atoms with E-state index in [0.29, 0.717) is 6.42 Å². The number of carbonyl (C=O) groups is 1. The molecular formula is C29H33NO2. The molecule has 3 nitrogen and oxygen atoms in total. The summed E-state index contributed by atoms with van der Waals surface area (Å²) in [7, 11) is 0. The molecule has 1 N–H and O–H groups in total. The molecule has 0 aliphatic carbocycles. The highest BCUT2D eigenvalue weighted by atomic mass is 16.4. The summed E-state index contributed by atoms with van der Waals surface area (Å²) < 4.78 is 2.38. The molecule has 0 unspecified atom stereocenters. The number of allylic oxidation sites excluding steroid dienone is 4. The largest absolute Gasteiger partial charge is 0.481 e. The van der Waals surface area contributed by atoms with Crippen LogP contribution in [0.1, 0.15) is 57.0 Å². The Hall–Kier alpha value is -3.33. The van der Waals surface area contributed by atoms with E-state index in [4.69, 9.17) is 5.11 Å². The van der Waals surface area contributed by atoms with Crippen LogP contribution in [-0.2, 0) is 17.6 Å². The van der Waals surface area contributed by atoms with Gasteiger partial charge in [-0.3, -0.25) is 4.79 Å². The van der Waals surface area contributed by atoms with Gasteiger partial charge in [-0.2, -0.15) is 0 Å². The van der Waals surface area contributed by atoms with E-state index in [1.54, 1.807) is 0 Å². The van der Waals surface area contributed by atoms with E-state index in [-0.39, 0.29) is 6.42 Å². The van der Waals surface area contributed by atoms with Gasteiger partial charge in [0.25, 0.3) is 0 Å². The standard InChI is InChI=1S/C29H33NO2/c1-4-11-24(12-5-2)28-21-26(23-14-8-7-9-15-23)27(6-3)30(28)25-19-17-22(18-20-25)13-10-16-29(31)32/h4,7-9,11-12,14-15,17-21H,5-6,10,13,16H2,1-3H3,(H,31,32)/b11-4-,24-12+. The van der Waals surface area contributed by atoms with Gasteiger partial charge in [0.15, 0.2) is 0 Å². The van der Waals surface area contributed by atoms with Crippen molar-refractivity contribution in [1.29, 1.82) is 0 Å². The summed E-state index contributed by atoms with van der Waals surface area (Å²) in [5.74, 6) is -0.737. The van der Waals surface area contributed by atoms with Crippen LogP contribution in [0.5, 0.6) is 0 Å². The van der Waals surface area contributed by atoms with Crippen molar-refractivity contribution in [1.82, 2.24) is 4.57 Å². The molecule has 3 aromatic rings. The fraction of sp³-hybridized carbons (Fsp3) is 0.276. The molecule has 0 radical (unpaired) electrons. The van der Waals surface area contributed by atoms with Gasteiger partial charge < -0.3 is 9.67 Å². The SMILES string of the molecule is C/C=C\C(=C/CC)c1cc(-c2ccccc2)c(CC)n1-c1ccc(CCCC(=O)O)cc1. The van der Waals surface area contributed by atoms with E-state index in [9.17, 15) is 4.79 Å². The molecule has 0 spiro atoms. The van der Waals surface area contributed by atoms with Crippen molar-refractivity contribution in [3.8, 4) is 16.8 Å². The van der Waals surface area contributed by atoms with Gasteiger partial charge >= 0.3 is 5.97 Å². The lowest BCUT2D eigenvalue weighted by Crippen LogP contribution is -2.04. The van der Waals surface area contributed by atoms with Crippen molar-refractivity contribution in [2.45, 2.75) is 52.9 Å². The lowest BCUT2D eigenvalue weighted by molar-refractivity contribution is -0.137. The van der Waals surface area contributed by atoms with Gasteiger partial charge in [0, 0.05) is 23.4 Å². The minimum atomic E-state index is -0.737. The third kappa shape index (κ3) is 5.47.